The van der Waals surface area contributed by atoms with Crippen molar-refractivity contribution in [2.75, 3.05) is 13.2 Å². The highest BCUT2D eigenvalue weighted by Crippen LogP contribution is 2.33. The quantitative estimate of drug-likeness (QED) is 0.814. The third kappa shape index (κ3) is 2.29. The monoisotopic (exact) mass is 251 g/mol. The predicted octanol–water partition coefficient (Wildman–Crippen LogP) is 2.08. The lowest BCUT2D eigenvalue weighted by atomic mass is 9.91. The van der Waals surface area contributed by atoms with E-state index in [1.165, 1.54) is 12.8 Å². The van der Waals surface area contributed by atoms with Crippen LogP contribution in [0.4, 0.5) is 0 Å². The summed E-state index contributed by atoms with van der Waals surface area (Å²) >= 11 is 0. The van der Waals surface area contributed by atoms with Gasteiger partial charge in [0.2, 0.25) is 5.89 Å². The molecular weight excluding hydrogens is 230 g/mol. The van der Waals surface area contributed by atoms with E-state index >= 15 is 0 Å². The molecule has 2 fully saturated rings. The Morgan fingerprint density at radius 1 is 1.17 bits per heavy atom. The second-order valence-corrected chi connectivity index (χ2v) is 5.59. The normalized spacial score (nSPS) is 28.2. The first-order valence-corrected chi connectivity index (χ1v) is 6.99. The van der Waals surface area contributed by atoms with Gasteiger partial charge in [-0.2, -0.15) is 4.98 Å². The average Bonchev–Trinajstić information content (AvgIpc) is 3.00. The van der Waals surface area contributed by atoms with Crippen molar-refractivity contribution in [1.82, 2.24) is 10.1 Å². The van der Waals surface area contributed by atoms with Gasteiger partial charge in [-0.05, 0) is 19.3 Å². The number of rotatable bonds is 2. The molecule has 5 nitrogen and oxygen atoms in total. The maximum Gasteiger partial charge on any atom is 0.246 e. The Labute approximate surface area is 107 Å². The van der Waals surface area contributed by atoms with Crippen LogP contribution in [0.25, 0.3) is 0 Å². The molecular formula is C13H21N3O2. The Hall–Kier alpha value is -0.940. The minimum atomic E-state index is -0.402. The molecule has 1 aromatic heterocycles. The third-order valence-electron chi connectivity index (χ3n) is 4.16. The van der Waals surface area contributed by atoms with Gasteiger partial charge in [-0.25, -0.2) is 0 Å². The number of nitrogens with zero attached hydrogens (tertiary/aromatic N) is 2. The van der Waals surface area contributed by atoms with Gasteiger partial charge in [-0.15, -0.1) is 0 Å². The summed E-state index contributed by atoms with van der Waals surface area (Å²) in [5.74, 6) is 1.69. The van der Waals surface area contributed by atoms with Crippen LogP contribution in [0.3, 0.4) is 0 Å². The molecule has 1 aliphatic heterocycles. The first-order chi connectivity index (χ1) is 8.78. The number of nitrogens with two attached hydrogens (primary N) is 1. The lowest BCUT2D eigenvalue weighted by Gasteiger charge is -2.22. The van der Waals surface area contributed by atoms with Crippen molar-refractivity contribution >= 4 is 0 Å². The molecule has 1 saturated heterocycles. The van der Waals surface area contributed by atoms with Crippen LogP contribution in [-0.2, 0) is 10.3 Å². The zero-order valence-corrected chi connectivity index (χ0v) is 10.7. The van der Waals surface area contributed by atoms with E-state index in [2.05, 4.69) is 10.1 Å². The highest BCUT2D eigenvalue weighted by atomic mass is 16.5. The van der Waals surface area contributed by atoms with E-state index in [-0.39, 0.29) is 5.92 Å². The standard InChI is InChI=1S/C13H21N3O2/c14-13(6-3-1-2-4-7-13)12-15-11(16-18-12)10-5-8-17-9-10/h10H,1-9,14H2. The molecule has 5 heteroatoms. The maximum absolute atomic E-state index is 6.46. The molecule has 0 aromatic carbocycles. The van der Waals surface area contributed by atoms with Crippen molar-refractivity contribution in [1.29, 1.82) is 0 Å². The third-order valence-corrected chi connectivity index (χ3v) is 4.16. The Balaban J connectivity index is 1.78. The largest absolute Gasteiger partial charge is 0.381 e. The highest BCUT2D eigenvalue weighted by molar-refractivity contribution is 5.06. The van der Waals surface area contributed by atoms with Gasteiger partial charge in [0.15, 0.2) is 5.82 Å². The zero-order valence-electron chi connectivity index (χ0n) is 10.7. The molecule has 1 aliphatic carbocycles. The van der Waals surface area contributed by atoms with Crippen molar-refractivity contribution in [3.63, 3.8) is 0 Å². The summed E-state index contributed by atoms with van der Waals surface area (Å²) in [4.78, 5) is 4.55. The summed E-state index contributed by atoms with van der Waals surface area (Å²) in [5, 5.41) is 4.10. The molecule has 2 aliphatic rings. The molecule has 1 saturated carbocycles. The zero-order chi connectivity index (χ0) is 12.4. The van der Waals surface area contributed by atoms with Gasteiger partial charge in [-0.1, -0.05) is 30.8 Å². The SMILES string of the molecule is NC1(c2nc(C3CCOC3)no2)CCCCCC1. The molecule has 0 radical (unpaired) electrons. The molecule has 0 amide bonds. The fourth-order valence-corrected chi connectivity index (χ4v) is 2.91. The van der Waals surface area contributed by atoms with Crippen molar-refractivity contribution in [2.24, 2.45) is 5.73 Å². The van der Waals surface area contributed by atoms with Crippen LogP contribution in [-0.4, -0.2) is 23.4 Å². The average molecular weight is 251 g/mol. The number of hydrogen-bond donors (Lipinski definition) is 1. The second kappa shape index (κ2) is 4.97. The van der Waals surface area contributed by atoms with Gasteiger partial charge in [0.25, 0.3) is 0 Å². The van der Waals surface area contributed by atoms with E-state index in [9.17, 15) is 0 Å². The number of aromatic nitrogens is 2. The molecule has 2 heterocycles. The minimum absolute atomic E-state index is 0.289. The number of ether oxygens (including phenoxy) is 1. The van der Waals surface area contributed by atoms with E-state index < -0.39 is 5.54 Å². The van der Waals surface area contributed by atoms with E-state index in [0.717, 1.165) is 44.5 Å². The van der Waals surface area contributed by atoms with Gasteiger partial charge in [0.1, 0.15) is 0 Å². The summed E-state index contributed by atoms with van der Waals surface area (Å²) < 4.78 is 10.8. The van der Waals surface area contributed by atoms with E-state index in [0.29, 0.717) is 12.5 Å². The van der Waals surface area contributed by atoms with E-state index in [1.807, 2.05) is 0 Å². The lowest BCUT2D eigenvalue weighted by molar-refractivity contribution is 0.192. The van der Waals surface area contributed by atoms with Gasteiger partial charge in [0.05, 0.1) is 12.1 Å². The Morgan fingerprint density at radius 2 is 1.94 bits per heavy atom. The van der Waals surface area contributed by atoms with Crippen molar-refractivity contribution in [3.05, 3.63) is 11.7 Å². The van der Waals surface area contributed by atoms with Gasteiger partial charge < -0.3 is 15.0 Å². The van der Waals surface area contributed by atoms with Crippen molar-refractivity contribution in [2.45, 2.75) is 56.4 Å². The Kier molecular flexibility index (Phi) is 3.35. The lowest BCUT2D eigenvalue weighted by Crippen LogP contribution is -2.36. The summed E-state index contributed by atoms with van der Waals surface area (Å²) in [6, 6.07) is 0. The number of hydrogen-bond acceptors (Lipinski definition) is 5. The van der Waals surface area contributed by atoms with Crippen molar-refractivity contribution in [3.8, 4) is 0 Å². The summed E-state index contributed by atoms with van der Waals surface area (Å²) in [7, 11) is 0. The molecule has 1 aromatic rings. The van der Waals surface area contributed by atoms with E-state index in [4.69, 9.17) is 15.0 Å². The minimum Gasteiger partial charge on any atom is -0.381 e. The predicted molar refractivity (Wildman–Crippen MR) is 66.0 cm³/mol. The maximum atomic E-state index is 6.46. The van der Waals surface area contributed by atoms with Gasteiger partial charge >= 0.3 is 0 Å². The second-order valence-electron chi connectivity index (χ2n) is 5.59. The van der Waals surface area contributed by atoms with Crippen LogP contribution in [0.5, 0.6) is 0 Å². The highest BCUT2D eigenvalue weighted by Gasteiger charge is 2.35. The molecule has 1 atom stereocenters. The Morgan fingerprint density at radius 3 is 2.61 bits per heavy atom. The molecule has 18 heavy (non-hydrogen) atoms. The molecule has 2 N–H and O–H groups in total. The fourth-order valence-electron chi connectivity index (χ4n) is 2.91. The molecule has 100 valence electrons. The Bertz CT molecular complexity index is 391. The fraction of sp³-hybridized carbons (Fsp3) is 0.846. The first-order valence-electron chi connectivity index (χ1n) is 6.99. The van der Waals surface area contributed by atoms with Crippen LogP contribution < -0.4 is 5.73 Å². The molecule has 0 spiro atoms. The van der Waals surface area contributed by atoms with Gasteiger partial charge in [0, 0.05) is 12.5 Å². The summed E-state index contributed by atoms with van der Waals surface area (Å²) in [5.41, 5.74) is 6.06. The van der Waals surface area contributed by atoms with Gasteiger partial charge in [-0.3, -0.25) is 0 Å². The van der Waals surface area contributed by atoms with Crippen LogP contribution >= 0.6 is 0 Å². The van der Waals surface area contributed by atoms with Crippen LogP contribution in [0.15, 0.2) is 4.52 Å². The molecule has 0 bridgehead atoms. The van der Waals surface area contributed by atoms with Crippen molar-refractivity contribution < 1.29 is 9.26 Å². The molecule has 3 rings (SSSR count). The van der Waals surface area contributed by atoms with Crippen LogP contribution in [0, 0.1) is 0 Å². The molecule has 1 unspecified atom stereocenters. The van der Waals surface area contributed by atoms with Crippen LogP contribution in [0.2, 0.25) is 0 Å². The van der Waals surface area contributed by atoms with Crippen LogP contribution in [0.1, 0.15) is 62.6 Å². The topological polar surface area (TPSA) is 74.2 Å². The summed E-state index contributed by atoms with van der Waals surface area (Å²) in [6.07, 6.45) is 7.72. The first kappa shape index (κ1) is 12.1. The summed E-state index contributed by atoms with van der Waals surface area (Å²) in [6.45, 7) is 1.50. The smallest absolute Gasteiger partial charge is 0.246 e. The van der Waals surface area contributed by atoms with E-state index in [1.54, 1.807) is 0 Å².